The van der Waals surface area contributed by atoms with E-state index >= 15 is 0 Å². The molecule has 0 bridgehead atoms. The van der Waals surface area contributed by atoms with E-state index in [4.69, 9.17) is 11.6 Å². The lowest BCUT2D eigenvalue weighted by molar-refractivity contribution is 0.101. The van der Waals surface area contributed by atoms with Gasteiger partial charge in [0.1, 0.15) is 5.82 Å². The average molecular weight is 297 g/mol. The number of Topliss-reactive ketones (excluding diaryl/α,β-unsaturated/α-hetero) is 1. The molecule has 0 radical (unpaired) electrons. The molecule has 1 rings (SSSR count). The number of pyridine rings is 1. The summed E-state index contributed by atoms with van der Waals surface area (Å²) in [5.41, 5.74) is 1.13. The Morgan fingerprint density at radius 1 is 1.15 bits per heavy atom. The van der Waals surface area contributed by atoms with Gasteiger partial charge in [0.05, 0.1) is 5.02 Å². The minimum atomic E-state index is -0.126. The van der Waals surface area contributed by atoms with Crippen LogP contribution in [0, 0.1) is 6.92 Å². The van der Waals surface area contributed by atoms with Crippen molar-refractivity contribution in [2.45, 2.75) is 66.5 Å². The zero-order valence-electron chi connectivity index (χ0n) is 13.8. The minimum Gasteiger partial charge on any atom is -0.346 e. The van der Waals surface area contributed by atoms with Crippen molar-refractivity contribution >= 4 is 23.2 Å². The number of carbonyl (C=O) groups is 1. The Labute approximate surface area is 127 Å². The highest BCUT2D eigenvalue weighted by Gasteiger charge is 2.34. The zero-order valence-corrected chi connectivity index (χ0v) is 14.5. The molecule has 1 aromatic heterocycles. The number of hydrogen-bond donors (Lipinski definition) is 0. The van der Waals surface area contributed by atoms with Crippen molar-refractivity contribution in [1.82, 2.24) is 4.98 Å². The Hall–Kier alpha value is -1.09. The fourth-order valence-corrected chi connectivity index (χ4v) is 2.95. The predicted octanol–water partition coefficient (Wildman–Crippen LogP) is 4.65. The second-order valence-electron chi connectivity index (χ2n) is 7.17. The number of hydrogen-bond acceptors (Lipinski definition) is 3. The van der Waals surface area contributed by atoms with Crippen molar-refractivity contribution < 1.29 is 4.79 Å². The highest BCUT2D eigenvalue weighted by atomic mass is 35.5. The first-order chi connectivity index (χ1) is 8.87. The Balaban J connectivity index is 3.52. The van der Waals surface area contributed by atoms with Crippen LogP contribution < -0.4 is 4.90 Å². The summed E-state index contributed by atoms with van der Waals surface area (Å²) in [5, 5.41) is 0.558. The number of ketones is 1. The van der Waals surface area contributed by atoms with Crippen molar-refractivity contribution in [3.8, 4) is 0 Å². The molecule has 0 atom stereocenters. The van der Waals surface area contributed by atoms with E-state index in [1.165, 1.54) is 6.92 Å². The Kier molecular flexibility index (Phi) is 4.55. The molecule has 0 saturated carbocycles. The van der Waals surface area contributed by atoms with Gasteiger partial charge >= 0.3 is 0 Å². The molecule has 0 aliphatic carbocycles. The van der Waals surface area contributed by atoms with Crippen molar-refractivity contribution in [1.29, 1.82) is 0 Å². The standard InChI is InChI=1S/C16H25ClN2O/c1-10-12(11(2)20)9-18-14(13(10)17)19(15(3,4)5)16(6,7)8/h9H,1-8H3. The molecular formula is C16H25ClN2O. The Morgan fingerprint density at radius 2 is 1.60 bits per heavy atom. The molecule has 3 nitrogen and oxygen atoms in total. The van der Waals surface area contributed by atoms with E-state index in [0.717, 1.165) is 11.4 Å². The summed E-state index contributed by atoms with van der Waals surface area (Å²) >= 11 is 6.49. The number of anilines is 1. The summed E-state index contributed by atoms with van der Waals surface area (Å²) in [5.74, 6) is 0.718. The van der Waals surface area contributed by atoms with E-state index < -0.39 is 0 Å². The molecule has 0 fully saturated rings. The molecule has 0 aliphatic heterocycles. The van der Waals surface area contributed by atoms with Crippen molar-refractivity contribution in [2.75, 3.05) is 4.90 Å². The molecule has 0 aromatic carbocycles. The molecular weight excluding hydrogens is 272 g/mol. The van der Waals surface area contributed by atoms with Crippen LogP contribution in [0.4, 0.5) is 5.82 Å². The topological polar surface area (TPSA) is 33.2 Å². The predicted molar refractivity (Wildman–Crippen MR) is 86.0 cm³/mol. The largest absolute Gasteiger partial charge is 0.346 e. The van der Waals surface area contributed by atoms with Gasteiger partial charge in [-0.3, -0.25) is 4.79 Å². The van der Waals surface area contributed by atoms with Crippen LogP contribution in [0.5, 0.6) is 0 Å². The smallest absolute Gasteiger partial charge is 0.161 e. The number of nitrogens with zero attached hydrogens (tertiary/aromatic N) is 2. The molecule has 0 spiro atoms. The van der Waals surface area contributed by atoms with Gasteiger partial charge in [-0.15, -0.1) is 0 Å². The van der Waals surface area contributed by atoms with Gasteiger partial charge < -0.3 is 4.90 Å². The molecule has 0 amide bonds. The van der Waals surface area contributed by atoms with Crippen LogP contribution in [-0.2, 0) is 0 Å². The van der Waals surface area contributed by atoms with Crippen LogP contribution >= 0.6 is 11.6 Å². The fraction of sp³-hybridized carbons (Fsp3) is 0.625. The van der Waals surface area contributed by atoms with E-state index in [0.29, 0.717) is 10.6 Å². The fourth-order valence-electron chi connectivity index (χ4n) is 2.72. The molecule has 20 heavy (non-hydrogen) atoms. The zero-order chi connectivity index (χ0) is 15.9. The quantitative estimate of drug-likeness (QED) is 0.745. The average Bonchev–Trinajstić information content (AvgIpc) is 2.20. The first-order valence-electron chi connectivity index (χ1n) is 6.83. The summed E-state index contributed by atoms with van der Waals surface area (Å²) in [7, 11) is 0. The summed E-state index contributed by atoms with van der Waals surface area (Å²) in [6.45, 7) is 16.2. The maximum absolute atomic E-state index is 11.6. The Morgan fingerprint density at radius 3 is 1.95 bits per heavy atom. The lowest BCUT2D eigenvalue weighted by atomic mass is 9.95. The molecule has 0 saturated heterocycles. The summed E-state index contributed by atoms with van der Waals surface area (Å²) < 4.78 is 0. The molecule has 112 valence electrons. The third-order valence-corrected chi connectivity index (χ3v) is 3.63. The minimum absolute atomic E-state index is 0.0125. The Bertz CT molecular complexity index is 511. The summed E-state index contributed by atoms with van der Waals surface area (Å²) in [4.78, 5) is 18.2. The summed E-state index contributed by atoms with van der Waals surface area (Å²) in [6, 6.07) is 0. The highest BCUT2D eigenvalue weighted by molar-refractivity contribution is 6.34. The summed E-state index contributed by atoms with van der Waals surface area (Å²) in [6.07, 6.45) is 1.63. The number of carbonyl (C=O) groups excluding carboxylic acids is 1. The lowest BCUT2D eigenvalue weighted by Crippen LogP contribution is -2.53. The third kappa shape index (κ3) is 3.32. The van der Waals surface area contributed by atoms with Crippen LogP contribution in [0.15, 0.2) is 6.20 Å². The van der Waals surface area contributed by atoms with E-state index in [1.54, 1.807) is 6.20 Å². The van der Waals surface area contributed by atoms with Gasteiger partial charge in [-0.05, 0) is 61.0 Å². The number of rotatable bonds is 2. The van der Waals surface area contributed by atoms with Crippen molar-refractivity contribution in [3.63, 3.8) is 0 Å². The van der Waals surface area contributed by atoms with E-state index in [2.05, 4.69) is 51.4 Å². The van der Waals surface area contributed by atoms with Gasteiger partial charge in [0.25, 0.3) is 0 Å². The second kappa shape index (κ2) is 5.36. The number of aromatic nitrogens is 1. The second-order valence-corrected chi connectivity index (χ2v) is 7.55. The van der Waals surface area contributed by atoms with Gasteiger partial charge in [-0.25, -0.2) is 4.98 Å². The normalized spacial score (nSPS) is 12.4. The molecule has 1 heterocycles. The first kappa shape index (κ1) is 17.0. The monoisotopic (exact) mass is 296 g/mol. The SMILES string of the molecule is CC(=O)c1cnc(N(C(C)(C)C)C(C)(C)C)c(Cl)c1C. The molecule has 4 heteroatoms. The lowest BCUT2D eigenvalue weighted by Gasteiger charge is -2.47. The molecule has 1 aromatic rings. The van der Waals surface area contributed by atoms with Crippen molar-refractivity contribution in [3.05, 3.63) is 22.3 Å². The van der Waals surface area contributed by atoms with Gasteiger partial charge in [0.2, 0.25) is 0 Å². The van der Waals surface area contributed by atoms with Crippen LogP contribution in [0.1, 0.15) is 64.4 Å². The molecule has 0 N–H and O–H groups in total. The van der Waals surface area contributed by atoms with E-state index in [9.17, 15) is 4.79 Å². The van der Waals surface area contributed by atoms with E-state index in [1.807, 2.05) is 6.92 Å². The van der Waals surface area contributed by atoms with Crippen LogP contribution in [0.2, 0.25) is 5.02 Å². The third-order valence-electron chi connectivity index (χ3n) is 3.18. The van der Waals surface area contributed by atoms with Gasteiger partial charge in [-0.1, -0.05) is 11.6 Å². The highest BCUT2D eigenvalue weighted by Crippen LogP contribution is 2.37. The van der Waals surface area contributed by atoms with E-state index in [-0.39, 0.29) is 16.9 Å². The van der Waals surface area contributed by atoms with Gasteiger partial charge in [-0.2, -0.15) is 0 Å². The molecule has 0 aliphatic rings. The van der Waals surface area contributed by atoms with Gasteiger partial charge in [0.15, 0.2) is 5.78 Å². The van der Waals surface area contributed by atoms with Crippen molar-refractivity contribution in [2.24, 2.45) is 0 Å². The van der Waals surface area contributed by atoms with Crippen LogP contribution in [0.25, 0.3) is 0 Å². The van der Waals surface area contributed by atoms with Crippen LogP contribution in [-0.4, -0.2) is 21.8 Å². The maximum atomic E-state index is 11.6. The number of halogens is 1. The van der Waals surface area contributed by atoms with Crippen LogP contribution in [0.3, 0.4) is 0 Å². The molecule has 0 unspecified atom stereocenters. The van der Waals surface area contributed by atoms with Gasteiger partial charge in [0, 0.05) is 22.8 Å². The first-order valence-corrected chi connectivity index (χ1v) is 7.21. The maximum Gasteiger partial charge on any atom is 0.161 e.